The highest BCUT2D eigenvalue weighted by molar-refractivity contribution is 7.89. The number of amides is 1. The van der Waals surface area contributed by atoms with Gasteiger partial charge in [0.25, 0.3) is 0 Å². The molecule has 0 bridgehead atoms. The van der Waals surface area contributed by atoms with Gasteiger partial charge in [-0.25, -0.2) is 26.7 Å². The first-order valence-electron chi connectivity index (χ1n) is 8.05. The Hall–Kier alpha value is -3.05. The first-order valence-corrected chi connectivity index (χ1v) is 9.53. The minimum absolute atomic E-state index is 0.0819. The number of nitrogens with zero attached hydrogens (tertiary/aromatic N) is 1. The summed E-state index contributed by atoms with van der Waals surface area (Å²) in [7, 11) is -4.11. The molecular formula is C17H16F2N4O4S. The molecule has 0 radical (unpaired) electrons. The summed E-state index contributed by atoms with van der Waals surface area (Å²) in [6, 6.07) is 8.54. The van der Waals surface area contributed by atoms with Gasteiger partial charge in [-0.1, -0.05) is 0 Å². The Balaban J connectivity index is 1.65. The van der Waals surface area contributed by atoms with E-state index in [2.05, 4.69) is 4.72 Å². The van der Waals surface area contributed by atoms with Gasteiger partial charge in [-0.15, -0.1) is 0 Å². The Morgan fingerprint density at radius 1 is 1.21 bits per heavy atom. The van der Waals surface area contributed by atoms with Crippen LogP contribution < -0.4 is 15.4 Å². The van der Waals surface area contributed by atoms with Gasteiger partial charge >= 0.3 is 6.09 Å². The summed E-state index contributed by atoms with van der Waals surface area (Å²) in [5.41, 5.74) is 6.37. The number of cyclic esters (lactones) is 1. The van der Waals surface area contributed by atoms with Gasteiger partial charge in [0.05, 0.1) is 11.4 Å². The first kappa shape index (κ1) is 19.7. The summed E-state index contributed by atoms with van der Waals surface area (Å²) in [5.74, 6) is -2.55. The van der Waals surface area contributed by atoms with Crippen LogP contribution in [0.15, 0.2) is 47.4 Å². The minimum atomic E-state index is -4.11. The van der Waals surface area contributed by atoms with E-state index < -0.39 is 38.8 Å². The fourth-order valence-electron chi connectivity index (χ4n) is 2.59. The van der Waals surface area contributed by atoms with Gasteiger partial charge < -0.3 is 10.5 Å². The third kappa shape index (κ3) is 4.10. The number of nitrogen functional groups attached to an aromatic ring is 1. The lowest BCUT2D eigenvalue weighted by Gasteiger charge is -2.13. The summed E-state index contributed by atoms with van der Waals surface area (Å²) in [5, 5.41) is 7.36. The molecule has 0 saturated carbocycles. The van der Waals surface area contributed by atoms with Crippen molar-refractivity contribution in [1.29, 1.82) is 5.41 Å². The van der Waals surface area contributed by atoms with Crippen LogP contribution in [0.25, 0.3) is 0 Å². The van der Waals surface area contributed by atoms with Gasteiger partial charge in [0.2, 0.25) is 10.0 Å². The molecule has 0 spiro atoms. The third-order valence-electron chi connectivity index (χ3n) is 4.07. The van der Waals surface area contributed by atoms with Crippen LogP contribution in [0, 0.1) is 17.0 Å². The second-order valence-electron chi connectivity index (χ2n) is 6.00. The van der Waals surface area contributed by atoms with Crippen molar-refractivity contribution in [2.45, 2.75) is 11.0 Å². The number of carbonyl (C=O) groups excluding carboxylic acids is 1. The molecule has 148 valence electrons. The lowest BCUT2D eigenvalue weighted by molar-refractivity contribution is 0.143. The number of benzene rings is 2. The summed E-state index contributed by atoms with van der Waals surface area (Å²) < 4.78 is 58.0. The molecule has 8 nitrogen and oxygen atoms in total. The minimum Gasteiger partial charge on any atom is -0.443 e. The molecule has 11 heteroatoms. The quantitative estimate of drug-likeness (QED) is 0.492. The number of ether oxygens (including phenoxy) is 1. The van der Waals surface area contributed by atoms with Crippen molar-refractivity contribution < 1.29 is 26.7 Å². The van der Waals surface area contributed by atoms with Gasteiger partial charge in [-0.3, -0.25) is 10.3 Å². The number of rotatable bonds is 6. The average Bonchev–Trinajstić information content (AvgIpc) is 3.03. The number of hydrogen-bond donors (Lipinski definition) is 3. The van der Waals surface area contributed by atoms with E-state index in [1.165, 1.54) is 4.90 Å². The second kappa shape index (κ2) is 7.52. The maximum absolute atomic E-state index is 13.3. The first-order chi connectivity index (χ1) is 13.2. The summed E-state index contributed by atoms with van der Waals surface area (Å²) in [6.07, 6.45) is -1.44. The number of sulfonamides is 1. The number of nitrogens with one attached hydrogen (secondary N) is 2. The van der Waals surface area contributed by atoms with E-state index in [1.54, 1.807) is 24.3 Å². The average molecular weight is 410 g/mol. The zero-order valence-corrected chi connectivity index (χ0v) is 15.2. The van der Waals surface area contributed by atoms with Crippen molar-refractivity contribution in [3.8, 4) is 0 Å². The number of nitrogens with two attached hydrogens (primary N) is 1. The van der Waals surface area contributed by atoms with Crippen LogP contribution in [0.2, 0.25) is 0 Å². The van der Waals surface area contributed by atoms with Gasteiger partial charge in [0, 0.05) is 17.8 Å². The Bertz CT molecular complexity index is 1030. The van der Waals surface area contributed by atoms with Crippen molar-refractivity contribution >= 4 is 27.6 Å². The van der Waals surface area contributed by atoms with E-state index in [0.717, 1.165) is 6.07 Å². The summed E-state index contributed by atoms with van der Waals surface area (Å²) in [4.78, 5) is 12.9. The standard InChI is InChI=1S/C17H16F2N4O4S/c18-14-6-5-13(7-15(14)19)28(25,26)22-8-12-9-23(17(24)27-12)11-3-1-10(2-4-11)16(20)21/h1-7,12,22H,8-9H2,(H3,20,21). The normalized spacial score (nSPS) is 16.9. The van der Waals surface area contributed by atoms with E-state index in [0.29, 0.717) is 23.4 Å². The Kier molecular flexibility index (Phi) is 5.29. The Labute approximate surface area is 159 Å². The van der Waals surface area contributed by atoms with Gasteiger partial charge in [0.1, 0.15) is 11.9 Å². The molecule has 2 aromatic rings. The molecule has 28 heavy (non-hydrogen) atoms. The molecule has 1 saturated heterocycles. The van der Waals surface area contributed by atoms with E-state index in [1.807, 2.05) is 0 Å². The molecule has 3 rings (SSSR count). The second-order valence-corrected chi connectivity index (χ2v) is 7.77. The van der Waals surface area contributed by atoms with Crippen molar-refractivity contribution in [2.75, 3.05) is 18.0 Å². The molecule has 2 aromatic carbocycles. The number of carbonyl (C=O) groups is 1. The van der Waals surface area contributed by atoms with Crippen molar-refractivity contribution in [3.05, 3.63) is 59.7 Å². The van der Waals surface area contributed by atoms with E-state index in [-0.39, 0.29) is 18.9 Å². The Morgan fingerprint density at radius 2 is 1.89 bits per heavy atom. The molecule has 1 aliphatic rings. The van der Waals surface area contributed by atoms with Crippen molar-refractivity contribution in [3.63, 3.8) is 0 Å². The highest BCUT2D eigenvalue weighted by Crippen LogP contribution is 2.22. The van der Waals surface area contributed by atoms with Crippen LogP contribution in [0.5, 0.6) is 0 Å². The number of anilines is 1. The van der Waals surface area contributed by atoms with Crippen LogP contribution in [0.1, 0.15) is 5.56 Å². The molecule has 1 aliphatic heterocycles. The fourth-order valence-corrected chi connectivity index (χ4v) is 3.67. The molecule has 1 amide bonds. The lowest BCUT2D eigenvalue weighted by Crippen LogP contribution is -2.34. The smallest absolute Gasteiger partial charge is 0.414 e. The number of halogens is 2. The van der Waals surface area contributed by atoms with Crippen LogP contribution >= 0.6 is 0 Å². The number of amidine groups is 1. The number of hydrogen-bond acceptors (Lipinski definition) is 5. The lowest BCUT2D eigenvalue weighted by atomic mass is 10.2. The topological polar surface area (TPSA) is 126 Å². The predicted molar refractivity (Wildman–Crippen MR) is 96.6 cm³/mol. The molecular weight excluding hydrogens is 394 g/mol. The van der Waals surface area contributed by atoms with Crippen LogP contribution in [-0.2, 0) is 14.8 Å². The highest BCUT2D eigenvalue weighted by Gasteiger charge is 2.33. The van der Waals surface area contributed by atoms with E-state index in [4.69, 9.17) is 15.9 Å². The van der Waals surface area contributed by atoms with E-state index in [9.17, 15) is 22.0 Å². The summed E-state index contributed by atoms with van der Waals surface area (Å²) in [6.45, 7) is -0.159. The third-order valence-corrected chi connectivity index (χ3v) is 5.49. The van der Waals surface area contributed by atoms with Gasteiger partial charge in [-0.05, 0) is 42.5 Å². The molecule has 1 unspecified atom stereocenters. The molecule has 0 aromatic heterocycles. The monoisotopic (exact) mass is 410 g/mol. The highest BCUT2D eigenvalue weighted by atomic mass is 32.2. The van der Waals surface area contributed by atoms with Crippen molar-refractivity contribution in [2.24, 2.45) is 5.73 Å². The zero-order valence-electron chi connectivity index (χ0n) is 14.4. The molecule has 1 atom stereocenters. The fraction of sp³-hybridized carbons (Fsp3) is 0.176. The molecule has 1 heterocycles. The summed E-state index contributed by atoms with van der Waals surface area (Å²) >= 11 is 0. The Morgan fingerprint density at radius 3 is 2.50 bits per heavy atom. The maximum atomic E-state index is 13.3. The molecule has 4 N–H and O–H groups in total. The molecule has 0 aliphatic carbocycles. The van der Waals surface area contributed by atoms with E-state index >= 15 is 0 Å². The van der Waals surface area contributed by atoms with Gasteiger partial charge in [0.15, 0.2) is 11.6 Å². The maximum Gasteiger partial charge on any atom is 0.414 e. The molecule has 1 fully saturated rings. The largest absolute Gasteiger partial charge is 0.443 e. The van der Waals surface area contributed by atoms with Crippen molar-refractivity contribution in [1.82, 2.24) is 4.72 Å². The SMILES string of the molecule is N=C(N)c1ccc(N2CC(CNS(=O)(=O)c3ccc(F)c(F)c3)OC2=O)cc1. The van der Waals surface area contributed by atoms with Crippen LogP contribution in [0.3, 0.4) is 0 Å². The van der Waals surface area contributed by atoms with Gasteiger partial charge in [-0.2, -0.15) is 0 Å². The van der Waals surface area contributed by atoms with Crippen LogP contribution in [-0.4, -0.2) is 39.5 Å². The zero-order chi connectivity index (χ0) is 20.5. The van der Waals surface area contributed by atoms with Crippen LogP contribution in [0.4, 0.5) is 19.3 Å². The predicted octanol–water partition coefficient (Wildman–Crippen LogP) is 1.55.